The molecule has 4 rings (SSSR count). The molecule has 4 heteroatoms. The number of aromatic hydroxyl groups is 1. The van der Waals surface area contributed by atoms with Gasteiger partial charge in [0.2, 0.25) is 0 Å². The molecule has 0 spiro atoms. The summed E-state index contributed by atoms with van der Waals surface area (Å²) >= 11 is 0. The van der Waals surface area contributed by atoms with Gasteiger partial charge in [-0.25, -0.2) is 4.98 Å². The lowest BCUT2D eigenvalue weighted by atomic mass is 10.1. The summed E-state index contributed by atoms with van der Waals surface area (Å²) in [7, 11) is 1.55. The highest BCUT2D eigenvalue weighted by molar-refractivity contribution is 5.82. The second-order valence-electron chi connectivity index (χ2n) is 6.69. The standard InChI is InChI=1S/C25H22N2O2/c1-3-10-19-15-16-20(23(28)24(19)29-2)25-26-21(17-11-6-4-7-12-17)22(27-25)18-13-8-5-9-14-18/h3-9,11-16,28H,1,10H2,2H3,(H,26,27). The number of aromatic nitrogens is 2. The Hall–Kier alpha value is -3.79. The number of imidazole rings is 1. The third kappa shape index (κ3) is 3.52. The van der Waals surface area contributed by atoms with Crippen LogP contribution in [-0.2, 0) is 6.42 Å². The maximum absolute atomic E-state index is 10.9. The molecule has 0 saturated carbocycles. The lowest BCUT2D eigenvalue weighted by molar-refractivity contribution is 0.371. The molecular formula is C25H22N2O2. The van der Waals surface area contributed by atoms with Gasteiger partial charge in [0.25, 0.3) is 0 Å². The zero-order valence-corrected chi connectivity index (χ0v) is 16.2. The summed E-state index contributed by atoms with van der Waals surface area (Å²) in [6.07, 6.45) is 2.39. The summed E-state index contributed by atoms with van der Waals surface area (Å²) in [5.41, 5.74) is 5.24. The van der Waals surface area contributed by atoms with Gasteiger partial charge < -0.3 is 14.8 Å². The molecule has 0 unspecified atom stereocenters. The van der Waals surface area contributed by atoms with E-state index in [0.29, 0.717) is 23.6 Å². The fraction of sp³-hybridized carbons (Fsp3) is 0.0800. The first-order valence-corrected chi connectivity index (χ1v) is 9.44. The molecule has 0 aliphatic heterocycles. The normalized spacial score (nSPS) is 10.7. The van der Waals surface area contributed by atoms with Crippen molar-refractivity contribution >= 4 is 0 Å². The summed E-state index contributed by atoms with van der Waals surface area (Å²) in [4.78, 5) is 8.26. The fourth-order valence-electron chi connectivity index (χ4n) is 3.47. The number of hydrogen-bond donors (Lipinski definition) is 2. The maximum Gasteiger partial charge on any atom is 0.169 e. The van der Waals surface area contributed by atoms with Crippen LogP contribution in [0.2, 0.25) is 0 Å². The van der Waals surface area contributed by atoms with Crippen molar-refractivity contribution in [1.82, 2.24) is 9.97 Å². The fourth-order valence-corrected chi connectivity index (χ4v) is 3.47. The zero-order chi connectivity index (χ0) is 20.2. The number of H-pyrrole nitrogens is 1. The monoisotopic (exact) mass is 382 g/mol. The van der Waals surface area contributed by atoms with Gasteiger partial charge >= 0.3 is 0 Å². The Morgan fingerprint density at radius 3 is 2.24 bits per heavy atom. The molecule has 1 aromatic heterocycles. The summed E-state index contributed by atoms with van der Waals surface area (Å²) in [6.45, 7) is 3.77. The number of aromatic amines is 1. The second-order valence-corrected chi connectivity index (χ2v) is 6.69. The lowest BCUT2D eigenvalue weighted by Gasteiger charge is -2.11. The molecule has 2 N–H and O–H groups in total. The van der Waals surface area contributed by atoms with E-state index in [4.69, 9.17) is 9.72 Å². The molecule has 29 heavy (non-hydrogen) atoms. The molecule has 0 saturated heterocycles. The summed E-state index contributed by atoms with van der Waals surface area (Å²) in [6, 6.07) is 23.9. The van der Waals surface area contributed by atoms with E-state index in [0.717, 1.165) is 28.1 Å². The predicted octanol–water partition coefficient (Wildman–Crippen LogP) is 5.85. The molecule has 0 radical (unpaired) electrons. The third-order valence-corrected chi connectivity index (χ3v) is 4.85. The van der Waals surface area contributed by atoms with E-state index >= 15 is 0 Å². The van der Waals surface area contributed by atoms with Crippen LogP contribution in [0.25, 0.3) is 33.9 Å². The minimum atomic E-state index is 0.0693. The number of phenolic OH excluding ortho intramolecular Hbond substituents is 1. The maximum atomic E-state index is 10.9. The number of methoxy groups -OCH3 is 1. The molecule has 0 aliphatic carbocycles. The average Bonchev–Trinajstić information content (AvgIpc) is 3.21. The van der Waals surface area contributed by atoms with E-state index in [1.165, 1.54) is 0 Å². The minimum absolute atomic E-state index is 0.0693. The molecule has 4 nitrogen and oxygen atoms in total. The first kappa shape index (κ1) is 18.6. The van der Waals surface area contributed by atoms with E-state index in [9.17, 15) is 5.11 Å². The number of phenols is 1. The molecule has 0 fully saturated rings. The van der Waals surface area contributed by atoms with Gasteiger partial charge in [-0.3, -0.25) is 0 Å². The van der Waals surface area contributed by atoms with Crippen LogP contribution < -0.4 is 4.74 Å². The van der Waals surface area contributed by atoms with E-state index < -0.39 is 0 Å². The number of benzene rings is 3. The van der Waals surface area contributed by atoms with Crippen LogP contribution in [0.15, 0.2) is 85.5 Å². The Balaban J connectivity index is 1.90. The smallest absolute Gasteiger partial charge is 0.169 e. The SMILES string of the molecule is C=CCc1ccc(-c2nc(-c3ccccc3)c(-c3ccccc3)[nH]2)c(O)c1OC. The number of rotatable bonds is 6. The number of nitrogens with zero attached hydrogens (tertiary/aromatic N) is 1. The van der Waals surface area contributed by atoms with Crippen LogP contribution in [-0.4, -0.2) is 22.2 Å². The van der Waals surface area contributed by atoms with Crippen molar-refractivity contribution in [1.29, 1.82) is 0 Å². The Morgan fingerprint density at radius 1 is 0.966 bits per heavy atom. The third-order valence-electron chi connectivity index (χ3n) is 4.85. The number of nitrogens with one attached hydrogen (secondary N) is 1. The molecule has 144 valence electrons. The summed E-state index contributed by atoms with van der Waals surface area (Å²) in [5, 5.41) is 10.9. The number of ether oxygens (including phenoxy) is 1. The zero-order valence-electron chi connectivity index (χ0n) is 16.2. The molecule has 0 amide bonds. The molecule has 1 heterocycles. The van der Waals surface area contributed by atoms with Crippen LogP contribution in [0.3, 0.4) is 0 Å². The first-order valence-electron chi connectivity index (χ1n) is 9.44. The minimum Gasteiger partial charge on any atom is -0.504 e. The number of allylic oxidation sites excluding steroid dienone is 1. The van der Waals surface area contributed by atoms with E-state index in [1.807, 2.05) is 72.8 Å². The van der Waals surface area contributed by atoms with Crippen LogP contribution in [0.1, 0.15) is 5.56 Å². The van der Waals surface area contributed by atoms with Crippen molar-refractivity contribution in [3.05, 3.63) is 91.0 Å². The van der Waals surface area contributed by atoms with Crippen LogP contribution in [0.5, 0.6) is 11.5 Å². The van der Waals surface area contributed by atoms with E-state index in [2.05, 4.69) is 11.6 Å². The lowest BCUT2D eigenvalue weighted by Crippen LogP contribution is -1.94. The van der Waals surface area contributed by atoms with Crippen LogP contribution >= 0.6 is 0 Å². The van der Waals surface area contributed by atoms with Crippen molar-refractivity contribution in [3.63, 3.8) is 0 Å². The molecule has 0 aliphatic rings. The molecule has 4 aromatic rings. The molecule has 0 bridgehead atoms. The van der Waals surface area contributed by atoms with Crippen molar-refractivity contribution < 1.29 is 9.84 Å². The van der Waals surface area contributed by atoms with E-state index in [-0.39, 0.29) is 5.75 Å². The van der Waals surface area contributed by atoms with Crippen molar-refractivity contribution in [2.24, 2.45) is 0 Å². The van der Waals surface area contributed by atoms with Gasteiger partial charge in [-0.15, -0.1) is 6.58 Å². The highest BCUT2D eigenvalue weighted by Gasteiger charge is 2.20. The van der Waals surface area contributed by atoms with Crippen molar-refractivity contribution in [2.75, 3.05) is 7.11 Å². The average molecular weight is 382 g/mol. The summed E-state index contributed by atoms with van der Waals surface area (Å²) in [5.74, 6) is 1.10. The highest BCUT2D eigenvalue weighted by Crippen LogP contribution is 2.41. The second kappa shape index (κ2) is 8.07. The molecule has 0 atom stereocenters. The number of hydrogen-bond acceptors (Lipinski definition) is 3. The highest BCUT2D eigenvalue weighted by atomic mass is 16.5. The van der Waals surface area contributed by atoms with Gasteiger partial charge in [-0.1, -0.05) is 72.8 Å². The predicted molar refractivity (Wildman–Crippen MR) is 117 cm³/mol. The van der Waals surface area contributed by atoms with Gasteiger partial charge in [-0.05, 0) is 12.5 Å². The van der Waals surface area contributed by atoms with Crippen molar-refractivity contribution in [3.8, 4) is 45.4 Å². The molecule has 3 aromatic carbocycles. The van der Waals surface area contributed by atoms with Gasteiger partial charge in [0, 0.05) is 16.7 Å². The van der Waals surface area contributed by atoms with Gasteiger partial charge in [0.05, 0.1) is 24.1 Å². The first-order chi connectivity index (χ1) is 14.2. The topological polar surface area (TPSA) is 58.1 Å². The quantitative estimate of drug-likeness (QED) is 0.411. The van der Waals surface area contributed by atoms with Crippen LogP contribution in [0, 0.1) is 0 Å². The van der Waals surface area contributed by atoms with E-state index in [1.54, 1.807) is 13.2 Å². The largest absolute Gasteiger partial charge is 0.504 e. The Morgan fingerprint density at radius 2 is 1.62 bits per heavy atom. The summed E-state index contributed by atoms with van der Waals surface area (Å²) < 4.78 is 5.46. The van der Waals surface area contributed by atoms with Crippen molar-refractivity contribution in [2.45, 2.75) is 6.42 Å². The Kier molecular flexibility index (Phi) is 5.16. The Bertz CT molecular complexity index is 1080. The van der Waals surface area contributed by atoms with Gasteiger partial charge in [-0.2, -0.15) is 0 Å². The molecular weight excluding hydrogens is 360 g/mol. The Labute approximate surface area is 170 Å². The van der Waals surface area contributed by atoms with Gasteiger partial charge in [0.15, 0.2) is 11.5 Å². The van der Waals surface area contributed by atoms with Crippen LogP contribution in [0.4, 0.5) is 0 Å². The van der Waals surface area contributed by atoms with Gasteiger partial charge in [0.1, 0.15) is 5.82 Å².